The van der Waals surface area contributed by atoms with Crippen molar-refractivity contribution in [2.24, 2.45) is 0 Å². The van der Waals surface area contributed by atoms with E-state index in [9.17, 15) is 9.59 Å². The first-order valence-electron chi connectivity index (χ1n) is 8.67. The van der Waals surface area contributed by atoms with Crippen LogP contribution < -0.4 is 16.0 Å². The zero-order valence-electron chi connectivity index (χ0n) is 15.3. The van der Waals surface area contributed by atoms with Gasteiger partial charge >= 0.3 is 6.03 Å². The van der Waals surface area contributed by atoms with Gasteiger partial charge in [0.25, 0.3) is 0 Å². The van der Waals surface area contributed by atoms with E-state index >= 15 is 0 Å². The second-order valence-electron chi connectivity index (χ2n) is 6.71. The number of nitrogens with one attached hydrogen (secondary N) is 3. The Morgan fingerprint density at radius 1 is 1.08 bits per heavy atom. The highest BCUT2D eigenvalue weighted by molar-refractivity contribution is 5.89. The molecule has 5 heteroatoms. The van der Waals surface area contributed by atoms with Gasteiger partial charge in [0, 0.05) is 7.05 Å². The van der Waals surface area contributed by atoms with Gasteiger partial charge in [0.1, 0.15) is 6.04 Å². The van der Waals surface area contributed by atoms with Crippen molar-refractivity contribution in [1.82, 2.24) is 16.0 Å². The van der Waals surface area contributed by atoms with Crippen LogP contribution in [0.25, 0.3) is 10.8 Å². The first-order valence-corrected chi connectivity index (χ1v) is 8.67. The van der Waals surface area contributed by atoms with Crippen molar-refractivity contribution in [3.8, 4) is 0 Å². The van der Waals surface area contributed by atoms with E-state index in [1.54, 1.807) is 7.05 Å². The Balaban J connectivity index is 2.19. The second-order valence-corrected chi connectivity index (χ2v) is 6.71. The Hall–Kier alpha value is -2.56. The van der Waals surface area contributed by atoms with Crippen LogP contribution in [0.5, 0.6) is 0 Å². The number of hydrogen-bond acceptors (Lipinski definition) is 2. The van der Waals surface area contributed by atoms with E-state index in [0.717, 1.165) is 22.8 Å². The molecule has 1 unspecified atom stereocenters. The molecule has 0 aliphatic heterocycles. The van der Waals surface area contributed by atoms with Gasteiger partial charge in [0.15, 0.2) is 0 Å². The minimum absolute atomic E-state index is 0.181. The number of carbonyl (C=O) groups is 2. The summed E-state index contributed by atoms with van der Waals surface area (Å²) in [5.74, 6) is -0.181. The summed E-state index contributed by atoms with van der Waals surface area (Å²) in [5.41, 5.74) is 0.456. The van der Waals surface area contributed by atoms with E-state index in [2.05, 4.69) is 34.1 Å². The first-order chi connectivity index (χ1) is 11.9. The predicted molar refractivity (Wildman–Crippen MR) is 101 cm³/mol. The summed E-state index contributed by atoms with van der Waals surface area (Å²) in [6.07, 6.45) is 1.41. The summed E-state index contributed by atoms with van der Waals surface area (Å²) in [6, 6.07) is 13.3. The molecule has 0 saturated carbocycles. The fraction of sp³-hybridized carbons (Fsp3) is 0.400. The molecule has 3 N–H and O–H groups in total. The van der Waals surface area contributed by atoms with Gasteiger partial charge in [-0.05, 0) is 36.6 Å². The Bertz CT molecular complexity index is 750. The van der Waals surface area contributed by atoms with Crippen molar-refractivity contribution in [2.75, 3.05) is 7.05 Å². The summed E-state index contributed by atoms with van der Waals surface area (Å²) in [4.78, 5) is 24.4. The van der Waals surface area contributed by atoms with Gasteiger partial charge in [-0.3, -0.25) is 4.79 Å². The van der Waals surface area contributed by atoms with Crippen LogP contribution in [0.4, 0.5) is 4.79 Å². The van der Waals surface area contributed by atoms with Gasteiger partial charge < -0.3 is 16.0 Å². The molecule has 0 heterocycles. The van der Waals surface area contributed by atoms with Crippen LogP contribution in [-0.4, -0.2) is 25.0 Å². The van der Waals surface area contributed by atoms with Crippen LogP contribution in [0.15, 0.2) is 42.5 Å². The number of hydrogen-bond donors (Lipinski definition) is 3. The zero-order valence-corrected chi connectivity index (χ0v) is 15.3. The van der Waals surface area contributed by atoms with Gasteiger partial charge in [0.05, 0.1) is 5.54 Å². The number of urea groups is 1. The van der Waals surface area contributed by atoms with Crippen LogP contribution >= 0.6 is 0 Å². The smallest absolute Gasteiger partial charge is 0.316 e. The van der Waals surface area contributed by atoms with Crippen molar-refractivity contribution in [3.05, 3.63) is 48.0 Å². The van der Waals surface area contributed by atoms with Crippen molar-refractivity contribution in [1.29, 1.82) is 0 Å². The number of likely N-dealkylation sites (N-methyl/N-ethyl adjacent to an activating group) is 1. The lowest BCUT2D eigenvalue weighted by Gasteiger charge is -2.29. The number of rotatable bonds is 6. The Morgan fingerprint density at radius 3 is 2.44 bits per heavy atom. The van der Waals surface area contributed by atoms with Crippen LogP contribution in [-0.2, 0) is 10.3 Å². The molecule has 0 saturated heterocycles. The summed E-state index contributed by atoms with van der Waals surface area (Å²) in [6.45, 7) is 5.90. The Labute approximate surface area is 149 Å². The predicted octanol–water partition coefficient (Wildman–Crippen LogP) is 3.29. The Kier molecular flexibility index (Phi) is 6.02. The van der Waals surface area contributed by atoms with E-state index in [1.807, 2.05) is 45.0 Å². The molecule has 0 aliphatic carbocycles. The minimum atomic E-state index is -0.579. The van der Waals surface area contributed by atoms with Crippen LogP contribution in [0.2, 0.25) is 0 Å². The van der Waals surface area contributed by atoms with Gasteiger partial charge in [-0.25, -0.2) is 4.79 Å². The molecule has 0 fully saturated rings. The van der Waals surface area contributed by atoms with Gasteiger partial charge in [-0.2, -0.15) is 0 Å². The first kappa shape index (κ1) is 18.8. The van der Waals surface area contributed by atoms with Crippen molar-refractivity contribution in [2.45, 2.75) is 45.2 Å². The number of carbonyl (C=O) groups excluding carboxylic acids is 2. The molecule has 0 aromatic heterocycles. The van der Waals surface area contributed by atoms with Gasteiger partial charge in [-0.1, -0.05) is 55.8 Å². The van der Waals surface area contributed by atoms with Crippen molar-refractivity contribution in [3.63, 3.8) is 0 Å². The number of fused-ring (bicyclic) bond motifs is 1. The topological polar surface area (TPSA) is 70.2 Å². The quantitative estimate of drug-likeness (QED) is 0.754. The van der Waals surface area contributed by atoms with E-state index in [-0.39, 0.29) is 11.9 Å². The highest BCUT2D eigenvalue weighted by atomic mass is 16.2. The van der Waals surface area contributed by atoms with Crippen LogP contribution in [0, 0.1) is 0 Å². The van der Waals surface area contributed by atoms with Crippen molar-refractivity contribution >= 4 is 22.7 Å². The highest BCUT2D eigenvalue weighted by Crippen LogP contribution is 2.28. The maximum atomic E-state index is 12.5. The van der Waals surface area contributed by atoms with E-state index < -0.39 is 11.6 Å². The third-order valence-electron chi connectivity index (χ3n) is 4.33. The maximum absolute atomic E-state index is 12.5. The summed E-state index contributed by atoms with van der Waals surface area (Å²) >= 11 is 0. The monoisotopic (exact) mass is 341 g/mol. The van der Waals surface area contributed by atoms with Crippen molar-refractivity contribution < 1.29 is 9.59 Å². The molecular weight excluding hydrogens is 314 g/mol. The summed E-state index contributed by atoms with van der Waals surface area (Å²) in [7, 11) is 1.57. The maximum Gasteiger partial charge on any atom is 0.316 e. The third kappa shape index (κ3) is 4.50. The highest BCUT2D eigenvalue weighted by Gasteiger charge is 2.27. The third-order valence-corrected chi connectivity index (χ3v) is 4.33. The standard InChI is InChI=1S/C20H27N3O2/c1-5-9-17(18(24)21-4)22-19(25)23-20(2,3)16-13-8-11-14-10-6-7-12-15(14)16/h6-8,10-13,17H,5,9H2,1-4H3,(H,21,24)(H2,22,23,25). The average Bonchev–Trinajstić information content (AvgIpc) is 2.59. The summed E-state index contributed by atoms with van der Waals surface area (Å²) in [5, 5.41) is 10.6. The minimum Gasteiger partial charge on any atom is -0.357 e. The molecule has 5 nitrogen and oxygen atoms in total. The molecule has 2 aromatic rings. The molecule has 2 aromatic carbocycles. The SMILES string of the molecule is CCCC(NC(=O)NC(C)(C)c1cccc2ccccc12)C(=O)NC. The fourth-order valence-electron chi connectivity index (χ4n) is 3.05. The normalized spacial score (nSPS) is 12.5. The van der Waals surface area contributed by atoms with Crippen LogP contribution in [0.3, 0.4) is 0 Å². The molecule has 0 radical (unpaired) electrons. The molecule has 3 amide bonds. The molecule has 134 valence electrons. The Morgan fingerprint density at radius 2 is 1.76 bits per heavy atom. The number of amides is 3. The lowest BCUT2D eigenvalue weighted by Crippen LogP contribution is -2.53. The molecule has 0 spiro atoms. The van der Waals surface area contributed by atoms with E-state index in [1.165, 1.54) is 0 Å². The average molecular weight is 341 g/mol. The lowest BCUT2D eigenvalue weighted by atomic mass is 9.89. The van der Waals surface area contributed by atoms with E-state index in [0.29, 0.717) is 6.42 Å². The van der Waals surface area contributed by atoms with Crippen LogP contribution in [0.1, 0.15) is 39.2 Å². The van der Waals surface area contributed by atoms with Gasteiger partial charge in [-0.15, -0.1) is 0 Å². The lowest BCUT2D eigenvalue weighted by molar-refractivity contribution is -0.122. The zero-order chi connectivity index (χ0) is 18.4. The molecule has 2 rings (SSSR count). The fourth-order valence-corrected chi connectivity index (χ4v) is 3.05. The molecule has 25 heavy (non-hydrogen) atoms. The molecule has 0 aliphatic rings. The molecule has 0 bridgehead atoms. The summed E-state index contributed by atoms with van der Waals surface area (Å²) < 4.78 is 0. The van der Waals surface area contributed by atoms with E-state index in [4.69, 9.17) is 0 Å². The van der Waals surface area contributed by atoms with Gasteiger partial charge in [0.2, 0.25) is 5.91 Å². The second kappa shape index (κ2) is 8.01. The molecular formula is C20H27N3O2. The largest absolute Gasteiger partial charge is 0.357 e. The number of benzene rings is 2. The molecule has 1 atom stereocenters.